The molecule has 1 atom stereocenters. The minimum atomic E-state index is -0.991. The van der Waals surface area contributed by atoms with E-state index in [9.17, 15) is 4.21 Å². The average molecular weight is 376 g/mol. The number of hydrogen-bond acceptors (Lipinski definition) is 1. The number of aryl methyl sites for hydroxylation is 1. The van der Waals surface area contributed by atoms with E-state index in [1.807, 2.05) is 36.6 Å². The van der Waals surface area contributed by atoms with Crippen LogP contribution in [0.25, 0.3) is 0 Å². The van der Waals surface area contributed by atoms with Crippen LogP contribution in [0.15, 0.2) is 40.1 Å². The second-order valence-corrected chi connectivity index (χ2v) is 6.77. The van der Waals surface area contributed by atoms with Gasteiger partial charge in [0.2, 0.25) is 0 Å². The molecule has 3 heteroatoms. The highest BCUT2D eigenvalue weighted by molar-refractivity contribution is 14.1. The summed E-state index contributed by atoms with van der Waals surface area (Å²) in [6, 6.07) is 7.95. The summed E-state index contributed by atoms with van der Waals surface area (Å²) >= 11 is 2.40. The van der Waals surface area contributed by atoms with E-state index in [0.29, 0.717) is 0 Å². The highest BCUT2D eigenvalue weighted by Gasteiger charge is 2.02. The maximum atomic E-state index is 12.2. The third kappa shape index (κ3) is 5.65. The van der Waals surface area contributed by atoms with Gasteiger partial charge in [0.05, 0.1) is 10.8 Å². The van der Waals surface area contributed by atoms with Crippen LogP contribution in [0.1, 0.15) is 38.2 Å². The van der Waals surface area contributed by atoms with Gasteiger partial charge in [-0.2, -0.15) is 0 Å². The number of alkyl halides is 1. The predicted octanol–water partition coefficient (Wildman–Crippen LogP) is 5.00. The molecule has 0 aromatic heterocycles. The van der Waals surface area contributed by atoms with E-state index in [1.54, 1.807) is 0 Å². The first-order valence-electron chi connectivity index (χ1n) is 6.40. The van der Waals surface area contributed by atoms with Gasteiger partial charge in [0.1, 0.15) is 0 Å². The van der Waals surface area contributed by atoms with Crippen LogP contribution in [-0.4, -0.2) is 8.64 Å². The normalized spacial score (nSPS) is 13.6. The van der Waals surface area contributed by atoms with Crippen LogP contribution in [0.2, 0.25) is 0 Å². The lowest BCUT2D eigenvalue weighted by atomic mass is 10.1. The first-order chi connectivity index (χ1) is 8.67. The van der Waals surface area contributed by atoms with Gasteiger partial charge in [-0.3, -0.25) is 0 Å². The fourth-order valence-electron chi connectivity index (χ4n) is 1.66. The number of allylic oxidation sites excluding steroid dienone is 1. The molecule has 1 aromatic carbocycles. The van der Waals surface area contributed by atoms with Crippen LogP contribution < -0.4 is 0 Å². The smallest absolute Gasteiger partial charge is 0.0775 e. The van der Waals surface area contributed by atoms with E-state index >= 15 is 0 Å². The van der Waals surface area contributed by atoms with Gasteiger partial charge < -0.3 is 0 Å². The van der Waals surface area contributed by atoms with Crippen LogP contribution >= 0.6 is 22.6 Å². The van der Waals surface area contributed by atoms with Crippen molar-refractivity contribution < 1.29 is 4.21 Å². The predicted molar refractivity (Wildman–Crippen MR) is 88.7 cm³/mol. The van der Waals surface area contributed by atoms with E-state index in [-0.39, 0.29) is 0 Å². The zero-order valence-electron chi connectivity index (χ0n) is 11.1. The van der Waals surface area contributed by atoms with Gasteiger partial charge in [-0.05, 0) is 49.2 Å². The number of halogens is 1. The third-order valence-corrected chi connectivity index (χ3v) is 4.91. The van der Waals surface area contributed by atoms with Crippen LogP contribution in [0.4, 0.5) is 0 Å². The molecule has 1 rings (SSSR count). The third-order valence-electron chi connectivity index (χ3n) is 2.86. The molecule has 0 aliphatic heterocycles. The summed E-state index contributed by atoms with van der Waals surface area (Å²) in [6.45, 7) is 4.19. The van der Waals surface area contributed by atoms with Crippen molar-refractivity contribution in [3.63, 3.8) is 0 Å². The van der Waals surface area contributed by atoms with Gasteiger partial charge in [-0.15, -0.1) is 0 Å². The van der Waals surface area contributed by atoms with Gasteiger partial charge in [0.25, 0.3) is 0 Å². The largest absolute Gasteiger partial charge is 0.250 e. The Morgan fingerprint density at radius 2 is 1.94 bits per heavy atom. The highest BCUT2D eigenvalue weighted by Crippen LogP contribution is 2.16. The first kappa shape index (κ1) is 15.9. The first-order valence-corrected chi connectivity index (χ1v) is 9.14. The second kappa shape index (κ2) is 8.86. The minimum Gasteiger partial charge on any atom is -0.250 e. The molecule has 0 heterocycles. The maximum absolute atomic E-state index is 12.2. The quantitative estimate of drug-likeness (QED) is 0.372. The molecule has 1 aromatic rings. The summed E-state index contributed by atoms with van der Waals surface area (Å²) in [6.07, 6.45) is 4.53. The van der Waals surface area contributed by atoms with Gasteiger partial charge in [-0.1, -0.05) is 52.8 Å². The van der Waals surface area contributed by atoms with Crippen LogP contribution in [-0.2, 0) is 10.8 Å². The monoisotopic (exact) mass is 376 g/mol. The minimum absolute atomic E-state index is 0.903. The zero-order chi connectivity index (χ0) is 13.4. The fraction of sp³-hybridized carbons (Fsp3) is 0.467. The van der Waals surface area contributed by atoms with Crippen LogP contribution in [0.3, 0.4) is 0 Å². The number of hydrogen-bond donors (Lipinski definition) is 0. The van der Waals surface area contributed by atoms with Crippen LogP contribution in [0.5, 0.6) is 0 Å². The Bertz CT molecular complexity index is 409. The molecule has 0 fully saturated rings. The van der Waals surface area contributed by atoms with Crippen molar-refractivity contribution in [2.75, 3.05) is 4.43 Å². The number of rotatable bonds is 7. The summed E-state index contributed by atoms with van der Waals surface area (Å²) < 4.78 is 13.4. The van der Waals surface area contributed by atoms with Crippen molar-refractivity contribution in [3.8, 4) is 0 Å². The Morgan fingerprint density at radius 3 is 2.50 bits per heavy atom. The van der Waals surface area contributed by atoms with E-state index in [4.69, 9.17) is 0 Å². The lowest BCUT2D eigenvalue weighted by Crippen LogP contribution is -1.91. The van der Waals surface area contributed by atoms with Crippen LogP contribution in [0, 0.1) is 6.92 Å². The highest BCUT2D eigenvalue weighted by atomic mass is 127. The molecule has 0 amide bonds. The lowest BCUT2D eigenvalue weighted by Gasteiger charge is -2.04. The summed E-state index contributed by atoms with van der Waals surface area (Å²) in [5.74, 6) is 0. The molecule has 0 bridgehead atoms. The fourth-order valence-corrected chi connectivity index (χ4v) is 3.32. The molecule has 0 saturated carbocycles. The Morgan fingerprint density at radius 1 is 1.28 bits per heavy atom. The Kier molecular flexibility index (Phi) is 7.82. The Labute approximate surface area is 127 Å². The van der Waals surface area contributed by atoms with Crippen molar-refractivity contribution in [3.05, 3.63) is 40.8 Å². The van der Waals surface area contributed by atoms with Gasteiger partial charge >= 0.3 is 0 Å². The number of benzene rings is 1. The number of unbranched alkanes of at least 4 members (excludes halogenated alkanes) is 1. The van der Waals surface area contributed by atoms with Crippen molar-refractivity contribution in [1.82, 2.24) is 0 Å². The van der Waals surface area contributed by atoms with Gasteiger partial charge in [-0.25, -0.2) is 4.21 Å². The summed E-state index contributed by atoms with van der Waals surface area (Å²) in [4.78, 5) is 0.903. The molecular formula is C15H21IOS. The van der Waals surface area contributed by atoms with Crippen molar-refractivity contribution in [2.45, 2.75) is 44.4 Å². The molecule has 18 heavy (non-hydrogen) atoms. The van der Waals surface area contributed by atoms with Gasteiger partial charge in [0, 0.05) is 10.3 Å². The molecule has 0 aliphatic rings. The second-order valence-electron chi connectivity index (χ2n) is 4.39. The van der Waals surface area contributed by atoms with E-state index in [1.165, 1.54) is 28.4 Å². The SMILES string of the molecule is CC/C(=C/S(=O)c1ccc(C)cc1)CCCCI. The van der Waals surface area contributed by atoms with Crippen molar-refractivity contribution >= 4 is 33.4 Å². The van der Waals surface area contributed by atoms with Crippen molar-refractivity contribution in [1.29, 1.82) is 0 Å². The Hall–Kier alpha value is -0.160. The molecule has 1 unspecified atom stereocenters. The molecule has 1 nitrogen and oxygen atoms in total. The standard InChI is InChI=1S/C15H21IOS/c1-3-14(6-4-5-11-16)12-18(17)15-9-7-13(2)8-10-15/h7-10,12H,3-6,11H2,1-2H3/b14-12-. The van der Waals surface area contributed by atoms with Gasteiger partial charge in [0.15, 0.2) is 0 Å². The molecule has 0 saturated heterocycles. The molecule has 0 radical (unpaired) electrons. The molecule has 0 spiro atoms. The van der Waals surface area contributed by atoms with E-state index < -0.39 is 10.8 Å². The summed E-state index contributed by atoms with van der Waals surface area (Å²) in [5, 5.41) is 1.94. The topological polar surface area (TPSA) is 17.1 Å². The lowest BCUT2D eigenvalue weighted by molar-refractivity contribution is 0.687. The molecule has 100 valence electrons. The maximum Gasteiger partial charge on any atom is 0.0775 e. The average Bonchev–Trinajstić information content (AvgIpc) is 2.38. The molecule has 0 N–H and O–H groups in total. The zero-order valence-corrected chi connectivity index (χ0v) is 14.1. The van der Waals surface area contributed by atoms with Crippen molar-refractivity contribution in [2.24, 2.45) is 0 Å². The van der Waals surface area contributed by atoms with E-state index in [2.05, 4.69) is 29.5 Å². The van der Waals surface area contributed by atoms with E-state index in [0.717, 1.165) is 17.7 Å². The molecular weight excluding hydrogens is 355 g/mol. The molecule has 0 aliphatic carbocycles. The summed E-state index contributed by atoms with van der Waals surface area (Å²) in [7, 11) is -0.991. The Balaban J connectivity index is 2.67. The summed E-state index contributed by atoms with van der Waals surface area (Å²) in [5.41, 5.74) is 2.52.